The van der Waals surface area contributed by atoms with Crippen molar-refractivity contribution >= 4 is 34.3 Å². The Labute approximate surface area is 254 Å². The maximum atomic E-state index is 14.3. The van der Waals surface area contributed by atoms with Crippen molar-refractivity contribution in [2.45, 2.75) is 71.4 Å². The van der Waals surface area contributed by atoms with Crippen molar-refractivity contribution in [1.29, 1.82) is 0 Å². The Bertz CT molecular complexity index is 1500. The van der Waals surface area contributed by atoms with Gasteiger partial charge in [0.15, 0.2) is 0 Å². The Balaban J connectivity index is 1.98. The van der Waals surface area contributed by atoms with Crippen molar-refractivity contribution in [1.82, 2.24) is 15.5 Å². The quantitative estimate of drug-likeness (QED) is 0.156. The minimum Gasteiger partial charge on any atom is -0.444 e. The third kappa shape index (κ3) is 9.86. The zero-order valence-electron chi connectivity index (χ0n) is 24.7. The molecule has 1 atom stereocenters. The van der Waals surface area contributed by atoms with Crippen LogP contribution in [0.2, 0.25) is 0 Å². The molecule has 0 bridgehead atoms. The van der Waals surface area contributed by atoms with Crippen LogP contribution in [0, 0.1) is 15.9 Å². The van der Waals surface area contributed by atoms with Gasteiger partial charge in [-0.25, -0.2) is 14.5 Å². The summed E-state index contributed by atoms with van der Waals surface area (Å²) < 4.78 is 64.5. The summed E-state index contributed by atoms with van der Waals surface area (Å²) in [5.74, 6) is -1.09. The molecule has 0 saturated heterocycles. The molecule has 2 amide bonds. The predicted molar refractivity (Wildman–Crippen MR) is 154 cm³/mol. The van der Waals surface area contributed by atoms with Crippen molar-refractivity contribution in [3.05, 3.63) is 69.5 Å². The molecular formula is C28H31F4N5O6S. The first-order valence-electron chi connectivity index (χ1n) is 13.2. The van der Waals surface area contributed by atoms with E-state index in [4.69, 9.17) is 9.47 Å². The zero-order chi connectivity index (χ0) is 33.0. The molecule has 0 radical (unpaired) electrons. The number of rotatable bonds is 8. The lowest BCUT2D eigenvalue weighted by Crippen LogP contribution is -2.49. The third-order valence-electron chi connectivity index (χ3n) is 5.54. The Morgan fingerprint density at radius 2 is 1.61 bits per heavy atom. The molecule has 3 rings (SSSR count). The van der Waals surface area contributed by atoms with Crippen LogP contribution in [-0.4, -0.2) is 51.1 Å². The zero-order valence-corrected chi connectivity index (χ0v) is 25.5. The van der Waals surface area contributed by atoms with E-state index in [0.717, 1.165) is 40.5 Å². The number of carbonyl (C=O) groups is 2. The fourth-order valence-electron chi connectivity index (χ4n) is 3.75. The molecule has 0 aliphatic heterocycles. The van der Waals surface area contributed by atoms with Crippen LogP contribution < -0.4 is 10.2 Å². The van der Waals surface area contributed by atoms with E-state index < -0.39 is 57.6 Å². The number of benzene rings is 2. The smallest absolute Gasteiger partial charge is 0.416 e. The second-order valence-electron chi connectivity index (χ2n) is 11.6. The molecule has 11 nitrogen and oxygen atoms in total. The normalized spacial score (nSPS) is 12.8. The molecule has 0 aliphatic carbocycles. The number of carbonyl (C=O) groups excluding carboxylic acids is 2. The first-order chi connectivity index (χ1) is 20.2. The van der Waals surface area contributed by atoms with Gasteiger partial charge in [0.1, 0.15) is 16.2 Å². The second-order valence-corrected chi connectivity index (χ2v) is 12.6. The maximum Gasteiger partial charge on any atom is 0.416 e. The van der Waals surface area contributed by atoms with E-state index in [2.05, 4.69) is 15.5 Å². The van der Waals surface area contributed by atoms with E-state index in [-0.39, 0.29) is 28.7 Å². The number of nitrogens with one attached hydrogen (secondary N) is 1. The number of hydrogen-bond acceptors (Lipinski definition) is 9. The molecule has 0 saturated carbocycles. The number of hydrogen-bond donors (Lipinski definition) is 1. The Morgan fingerprint density at radius 3 is 2.14 bits per heavy atom. The summed E-state index contributed by atoms with van der Waals surface area (Å²) in [6.07, 6.45) is -6.27. The summed E-state index contributed by atoms with van der Waals surface area (Å²) in [5.41, 5.74) is -2.82. The lowest BCUT2D eigenvalue weighted by Gasteiger charge is -2.29. The number of aromatic nitrogens is 2. The Hall–Kier alpha value is -4.34. The number of halogens is 4. The van der Waals surface area contributed by atoms with Gasteiger partial charge in [0.2, 0.25) is 10.9 Å². The lowest BCUT2D eigenvalue weighted by molar-refractivity contribution is -0.387. The van der Waals surface area contributed by atoms with E-state index in [9.17, 15) is 37.3 Å². The van der Waals surface area contributed by atoms with Crippen LogP contribution in [0.25, 0.3) is 10.6 Å². The van der Waals surface area contributed by atoms with E-state index in [1.165, 1.54) is 18.2 Å². The highest BCUT2D eigenvalue weighted by atomic mass is 32.1. The summed E-state index contributed by atoms with van der Waals surface area (Å²) >= 11 is 0.851. The Kier molecular flexibility index (Phi) is 10.2. The van der Waals surface area contributed by atoms with E-state index in [1.807, 2.05) is 0 Å². The summed E-state index contributed by atoms with van der Waals surface area (Å²) in [7, 11) is 0. The number of nitrogens with zero attached hydrogens (tertiary/aromatic N) is 4. The number of nitro groups is 1. The van der Waals surface area contributed by atoms with Gasteiger partial charge in [-0.05, 0) is 77.8 Å². The fourth-order valence-corrected chi connectivity index (χ4v) is 4.59. The number of amides is 2. The van der Waals surface area contributed by atoms with Crippen LogP contribution in [0.1, 0.15) is 52.7 Å². The van der Waals surface area contributed by atoms with Gasteiger partial charge in [-0.3, -0.25) is 10.1 Å². The van der Waals surface area contributed by atoms with E-state index in [1.54, 1.807) is 41.5 Å². The van der Waals surface area contributed by atoms with E-state index in [0.29, 0.717) is 5.56 Å². The molecule has 0 spiro atoms. The standard InChI is InChI=1S/C28H31F4N5O6S/c1-26(2,3)42-24(38)33-19(13-16-7-10-18(11-8-16)28(30,31)32)15-36(25(39)43-27(4,5)6)23-35-34-22(44-23)17-9-12-21(37(40)41)20(29)14-17/h7-12,14,19H,13,15H2,1-6H3,(H,33,38). The van der Waals surface area contributed by atoms with Crippen molar-refractivity contribution in [2.24, 2.45) is 0 Å². The average Bonchev–Trinajstić information content (AvgIpc) is 3.34. The number of ether oxygens (including phenoxy) is 2. The molecule has 1 unspecified atom stereocenters. The molecule has 238 valence electrons. The highest BCUT2D eigenvalue weighted by molar-refractivity contribution is 7.18. The topological polar surface area (TPSA) is 137 Å². The van der Waals surface area contributed by atoms with E-state index >= 15 is 0 Å². The average molecular weight is 642 g/mol. The van der Waals surface area contributed by atoms with Gasteiger partial charge in [-0.2, -0.15) is 17.6 Å². The number of anilines is 1. The SMILES string of the molecule is CC(C)(C)OC(=O)NC(Cc1ccc(C(F)(F)F)cc1)CN(C(=O)OC(C)(C)C)c1nnc(-c2ccc([N+](=O)[O-])c(F)c2)s1. The largest absolute Gasteiger partial charge is 0.444 e. The number of alkyl halides is 3. The summed E-state index contributed by atoms with van der Waals surface area (Å²) in [4.78, 5) is 37.3. The van der Waals surface area contributed by atoms with Crippen LogP contribution in [-0.2, 0) is 22.1 Å². The first-order valence-corrected chi connectivity index (χ1v) is 14.0. The summed E-state index contributed by atoms with van der Waals surface area (Å²) in [5, 5.41) is 21.8. The lowest BCUT2D eigenvalue weighted by atomic mass is 10.0. The molecule has 2 aromatic carbocycles. The third-order valence-corrected chi connectivity index (χ3v) is 6.53. The molecule has 1 N–H and O–H groups in total. The minimum atomic E-state index is -4.54. The highest BCUT2D eigenvalue weighted by Gasteiger charge is 2.32. The molecule has 0 fully saturated rings. The maximum absolute atomic E-state index is 14.3. The molecule has 16 heteroatoms. The highest BCUT2D eigenvalue weighted by Crippen LogP contribution is 2.33. The van der Waals surface area contributed by atoms with Gasteiger partial charge in [-0.15, -0.1) is 10.2 Å². The predicted octanol–water partition coefficient (Wildman–Crippen LogP) is 7.15. The van der Waals surface area contributed by atoms with Crippen molar-refractivity contribution in [3.8, 4) is 10.6 Å². The van der Waals surface area contributed by atoms with Crippen LogP contribution in [0.3, 0.4) is 0 Å². The first kappa shape index (κ1) is 34.2. The van der Waals surface area contributed by atoms with Crippen LogP contribution in [0.15, 0.2) is 42.5 Å². The van der Waals surface area contributed by atoms with Crippen molar-refractivity contribution < 1.29 is 41.5 Å². The van der Waals surface area contributed by atoms with Gasteiger partial charge >= 0.3 is 24.1 Å². The molecule has 0 aliphatic rings. The van der Waals surface area contributed by atoms with Gasteiger partial charge < -0.3 is 14.8 Å². The van der Waals surface area contributed by atoms with Gasteiger partial charge in [0.25, 0.3) is 0 Å². The summed E-state index contributed by atoms with van der Waals surface area (Å²) in [6, 6.07) is 6.59. The molecule has 1 heterocycles. The molecule has 1 aromatic heterocycles. The monoisotopic (exact) mass is 641 g/mol. The van der Waals surface area contributed by atoms with Crippen molar-refractivity contribution in [3.63, 3.8) is 0 Å². The Morgan fingerprint density at radius 1 is 1.00 bits per heavy atom. The number of nitro benzene ring substituents is 1. The number of alkyl carbamates (subject to hydrolysis) is 1. The second kappa shape index (κ2) is 13.1. The van der Waals surface area contributed by atoms with Crippen molar-refractivity contribution in [2.75, 3.05) is 11.4 Å². The minimum absolute atomic E-state index is 0.0172. The molecule has 3 aromatic rings. The van der Waals surface area contributed by atoms with Gasteiger partial charge in [0, 0.05) is 11.6 Å². The van der Waals surface area contributed by atoms with Crippen LogP contribution >= 0.6 is 11.3 Å². The molecule has 44 heavy (non-hydrogen) atoms. The van der Waals surface area contributed by atoms with Gasteiger partial charge in [-0.1, -0.05) is 23.5 Å². The summed E-state index contributed by atoms with van der Waals surface area (Å²) in [6.45, 7) is 9.56. The molecular weight excluding hydrogens is 610 g/mol. The fraction of sp³-hybridized carbons (Fsp3) is 0.429. The van der Waals surface area contributed by atoms with Crippen LogP contribution in [0.5, 0.6) is 0 Å². The van der Waals surface area contributed by atoms with Gasteiger partial charge in [0.05, 0.1) is 23.1 Å². The van der Waals surface area contributed by atoms with Crippen LogP contribution in [0.4, 0.5) is 38.0 Å².